The first-order valence-electron chi connectivity index (χ1n) is 6.83. The number of fused-ring (bicyclic) bond motifs is 1. The van der Waals surface area contributed by atoms with Crippen LogP contribution < -0.4 is 16.2 Å². The highest BCUT2D eigenvalue weighted by molar-refractivity contribution is 5.79. The summed E-state index contributed by atoms with van der Waals surface area (Å²) in [6.07, 6.45) is 1.46. The van der Waals surface area contributed by atoms with Gasteiger partial charge >= 0.3 is 0 Å². The highest BCUT2D eigenvalue weighted by atomic mass is 16.2. The molecular weight excluding hydrogens is 254 g/mol. The third-order valence-corrected chi connectivity index (χ3v) is 3.62. The molecule has 0 spiro atoms. The SMILES string of the molecule is O=C1CCC(CNCc2cc3ccccc3[nH]c2=O)N1. The van der Waals surface area contributed by atoms with Gasteiger partial charge in [-0.15, -0.1) is 0 Å². The van der Waals surface area contributed by atoms with Crippen LogP contribution in [-0.2, 0) is 11.3 Å². The molecule has 3 rings (SSSR count). The lowest BCUT2D eigenvalue weighted by Crippen LogP contribution is -2.36. The zero-order valence-electron chi connectivity index (χ0n) is 11.1. The number of carbonyl (C=O) groups is 1. The summed E-state index contributed by atoms with van der Waals surface area (Å²) in [6.45, 7) is 1.20. The van der Waals surface area contributed by atoms with E-state index in [0.29, 0.717) is 25.1 Å². The largest absolute Gasteiger partial charge is 0.352 e. The fourth-order valence-corrected chi connectivity index (χ4v) is 2.54. The van der Waals surface area contributed by atoms with Gasteiger partial charge in [-0.1, -0.05) is 18.2 Å². The molecular formula is C15H17N3O2. The lowest BCUT2D eigenvalue weighted by Gasteiger charge is -2.11. The van der Waals surface area contributed by atoms with Gasteiger partial charge in [-0.25, -0.2) is 0 Å². The molecule has 2 heterocycles. The maximum atomic E-state index is 11.9. The Balaban J connectivity index is 1.66. The normalized spacial score (nSPS) is 18.4. The smallest absolute Gasteiger partial charge is 0.252 e. The van der Waals surface area contributed by atoms with Crippen LogP contribution in [0, 0.1) is 0 Å². The number of nitrogens with one attached hydrogen (secondary N) is 3. The van der Waals surface area contributed by atoms with E-state index in [0.717, 1.165) is 17.3 Å². The molecule has 0 saturated carbocycles. The Labute approximate surface area is 116 Å². The predicted octanol–water partition coefficient (Wildman–Crippen LogP) is 0.896. The van der Waals surface area contributed by atoms with Gasteiger partial charge in [-0.05, 0) is 23.9 Å². The van der Waals surface area contributed by atoms with Crippen LogP contribution in [0.25, 0.3) is 10.9 Å². The minimum absolute atomic E-state index is 0.0633. The molecule has 1 amide bonds. The van der Waals surface area contributed by atoms with Crippen LogP contribution in [0.15, 0.2) is 35.1 Å². The van der Waals surface area contributed by atoms with Gasteiger partial charge in [0, 0.05) is 36.6 Å². The number of H-pyrrole nitrogens is 1. The maximum Gasteiger partial charge on any atom is 0.252 e. The summed E-state index contributed by atoms with van der Waals surface area (Å²) in [5, 5.41) is 7.16. The Morgan fingerprint density at radius 2 is 2.10 bits per heavy atom. The lowest BCUT2D eigenvalue weighted by molar-refractivity contribution is -0.119. The maximum absolute atomic E-state index is 11.9. The minimum atomic E-state index is -0.0633. The summed E-state index contributed by atoms with van der Waals surface area (Å²) in [7, 11) is 0. The van der Waals surface area contributed by atoms with E-state index in [1.165, 1.54) is 0 Å². The van der Waals surface area contributed by atoms with Crippen LogP contribution >= 0.6 is 0 Å². The molecule has 104 valence electrons. The van der Waals surface area contributed by atoms with Crippen molar-refractivity contribution in [1.82, 2.24) is 15.6 Å². The van der Waals surface area contributed by atoms with E-state index in [9.17, 15) is 9.59 Å². The van der Waals surface area contributed by atoms with Crippen molar-refractivity contribution >= 4 is 16.8 Å². The van der Waals surface area contributed by atoms with Crippen molar-refractivity contribution in [2.45, 2.75) is 25.4 Å². The zero-order chi connectivity index (χ0) is 13.9. The van der Waals surface area contributed by atoms with Crippen molar-refractivity contribution in [3.8, 4) is 0 Å². The highest BCUT2D eigenvalue weighted by Crippen LogP contribution is 2.10. The number of aromatic amines is 1. The predicted molar refractivity (Wildman–Crippen MR) is 77.4 cm³/mol. The Kier molecular flexibility index (Phi) is 3.52. The van der Waals surface area contributed by atoms with Gasteiger partial charge in [0.1, 0.15) is 0 Å². The van der Waals surface area contributed by atoms with E-state index in [-0.39, 0.29) is 17.5 Å². The first-order chi connectivity index (χ1) is 9.72. The summed E-state index contributed by atoms with van der Waals surface area (Å²) < 4.78 is 0. The summed E-state index contributed by atoms with van der Waals surface area (Å²) in [6, 6.07) is 9.81. The molecule has 20 heavy (non-hydrogen) atoms. The third kappa shape index (κ3) is 2.72. The molecule has 0 aliphatic carbocycles. The number of carbonyl (C=O) groups excluding carboxylic acids is 1. The summed E-state index contributed by atoms with van der Waals surface area (Å²) in [5.74, 6) is 0.111. The van der Waals surface area contributed by atoms with E-state index < -0.39 is 0 Å². The van der Waals surface area contributed by atoms with Crippen molar-refractivity contribution in [1.29, 1.82) is 0 Å². The van der Waals surface area contributed by atoms with Crippen molar-refractivity contribution in [2.75, 3.05) is 6.54 Å². The van der Waals surface area contributed by atoms with E-state index in [1.807, 2.05) is 30.3 Å². The first-order valence-corrected chi connectivity index (χ1v) is 6.83. The molecule has 1 aromatic carbocycles. The molecule has 1 atom stereocenters. The van der Waals surface area contributed by atoms with Gasteiger partial charge < -0.3 is 15.6 Å². The third-order valence-electron chi connectivity index (χ3n) is 3.62. The molecule has 1 fully saturated rings. The van der Waals surface area contributed by atoms with Crippen LogP contribution in [0.4, 0.5) is 0 Å². The molecule has 5 nitrogen and oxygen atoms in total. The van der Waals surface area contributed by atoms with Crippen LogP contribution in [0.5, 0.6) is 0 Å². The molecule has 0 radical (unpaired) electrons. The fraction of sp³-hybridized carbons (Fsp3) is 0.333. The fourth-order valence-electron chi connectivity index (χ4n) is 2.54. The minimum Gasteiger partial charge on any atom is -0.352 e. The van der Waals surface area contributed by atoms with E-state index >= 15 is 0 Å². The van der Waals surface area contributed by atoms with Crippen molar-refractivity contribution in [3.05, 3.63) is 46.2 Å². The molecule has 2 aromatic rings. The topological polar surface area (TPSA) is 74.0 Å². The molecule has 5 heteroatoms. The summed E-state index contributed by atoms with van der Waals surface area (Å²) >= 11 is 0. The summed E-state index contributed by atoms with van der Waals surface area (Å²) in [5.41, 5.74) is 1.50. The van der Waals surface area contributed by atoms with Gasteiger partial charge in [0.05, 0.1) is 0 Å². The number of benzene rings is 1. The standard InChI is InChI=1S/C15H17N3O2/c19-14-6-5-12(17-14)9-16-8-11-7-10-3-1-2-4-13(10)18-15(11)20/h1-4,7,12,16H,5-6,8-9H2,(H,17,19)(H,18,20). The summed E-state index contributed by atoms with van der Waals surface area (Å²) in [4.78, 5) is 25.9. The van der Waals surface area contributed by atoms with Gasteiger partial charge in [-0.2, -0.15) is 0 Å². The number of hydrogen-bond acceptors (Lipinski definition) is 3. The van der Waals surface area contributed by atoms with Crippen LogP contribution in [0.1, 0.15) is 18.4 Å². The van der Waals surface area contributed by atoms with E-state index in [2.05, 4.69) is 15.6 Å². The average Bonchev–Trinajstić information content (AvgIpc) is 2.85. The van der Waals surface area contributed by atoms with Crippen molar-refractivity contribution in [3.63, 3.8) is 0 Å². The number of pyridine rings is 1. The number of amides is 1. The van der Waals surface area contributed by atoms with Gasteiger partial charge in [0.15, 0.2) is 0 Å². The van der Waals surface area contributed by atoms with Gasteiger partial charge in [0.25, 0.3) is 5.56 Å². The quantitative estimate of drug-likeness (QED) is 0.773. The van der Waals surface area contributed by atoms with Crippen molar-refractivity contribution in [2.24, 2.45) is 0 Å². The second-order valence-corrected chi connectivity index (χ2v) is 5.14. The lowest BCUT2D eigenvalue weighted by atomic mass is 10.1. The Hall–Kier alpha value is -2.14. The zero-order valence-corrected chi connectivity index (χ0v) is 11.1. The van der Waals surface area contributed by atoms with Crippen LogP contribution in [-0.4, -0.2) is 23.5 Å². The monoisotopic (exact) mass is 271 g/mol. The second-order valence-electron chi connectivity index (χ2n) is 5.14. The molecule has 1 aliphatic heterocycles. The molecule has 1 unspecified atom stereocenters. The average molecular weight is 271 g/mol. The van der Waals surface area contributed by atoms with E-state index in [4.69, 9.17) is 0 Å². The Morgan fingerprint density at radius 3 is 2.90 bits per heavy atom. The van der Waals surface area contributed by atoms with Crippen LogP contribution in [0.3, 0.4) is 0 Å². The molecule has 1 aliphatic rings. The highest BCUT2D eigenvalue weighted by Gasteiger charge is 2.19. The molecule has 0 bridgehead atoms. The number of rotatable bonds is 4. The Bertz CT molecular complexity index is 693. The number of para-hydroxylation sites is 1. The first kappa shape index (κ1) is 12.9. The molecule has 1 aromatic heterocycles. The molecule has 1 saturated heterocycles. The van der Waals surface area contributed by atoms with E-state index in [1.54, 1.807) is 0 Å². The van der Waals surface area contributed by atoms with Gasteiger partial charge in [-0.3, -0.25) is 9.59 Å². The van der Waals surface area contributed by atoms with Crippen molar-refractivity contribution < 1.29 is 4.79 Å². The second kappa shape index (κ2) is 5.46. The number of hydrogen-bond donors (Lipinski definition) is 3. The van der Waals surface area contributed by atoms with Gasteiger partial charge in [0.2, 0.25) is 5.91 Å². The van der Waals surface area contributed by atoms with Crippen LogP contribution in [0.2, 0.25) is 0 Å². The molecule has 3 N–H and O–H groups in total. The Morgan fingerprint density at radius 1 is 1.25 bits per heavy atom. The number of aromatic nitrogens is 1.